The van der Waals surface area contributed by atoms with Gasteiger partial charge in [-0.05, 0) is 49.5 Å². The molecular formula is C21H32N4O2. The van der Waals surface area contributed by atoms with Crippen molar-refractivity contribution in [2.24, 2.45) is 5.92 Å². The third-order valence-corrected chi connectivity index (χ3v) is 4.75. The third-order valence-electron chi connectivity index (χ3n) is 4.75. The number of hydrogen-bond acceptors (Lipinski definition) is 4. The molecule has 2 rings (SSSR count). The maximum absolute atomic E-state index is 11.1. The maximum atomic E-state index is 11.1. The highest BCUT2D eigenvalue weighted by atomic mass is 16.5. The number of aryl methyl sites for hydroxylation is 1. The van der Waals surface area contributed by atoms with E-state index in [1.807, 2.05) is 18.2 Å². The largest absolute Gasteiger partial charge is 0.302 e. The topological polar surface area (TPSA) is 69.9 Å². The van der Waals surface area contributed by atoms with E-state index in [9.17, 15) is 4.79 Å². The molecule has 1 amide bonds. The van der Waals surface area contributed by atoms with E-state index in [-0.39, 0.29) is 6.42 Å². The minimum Gasteiger partial charge on any atom is -0.302 e. The molecule has 0 radical (unpaired) electrons. The first-order valence-corrected chi connectivity index (χ1v) is 9.80. The van der Waals surface area contributed by atoms with Crippen LogP contribution in [-0.4, -0.2) is 38.5 Å². The Morgan fingerprint density at radius 2 is 2.19 bits per heavy atom. The molecule has 0 aliphatic rings. The molecule has 6 nitrogen and oxygen atoms in total. The highest BCUT2D eigenvalue weighted by Crippen LogP contribution is 2.18. The first kappa shape index (κ1) is 21.1. The van der Waals surface area contributed by atoms with Crippen molar-refractivity contribution >= 4 is 17.6 Å². The number of hydroxylamine groups is 1. The number of carbonyl (C=O) groups excluding carboxylic acids is 1. The van der Waals surface area contributed by atoms with Crippen molar-refractivity contribution in [2.75, 3.05) is 13.1 Å². The van der Waals surface area contributed by atoms with Crippen LogP contribution in [0.3, 0.4) is 0 Å². The van der Waals surface area contributed by atoms with Crippen molar-refractivity contribution in [1.29, 1.82) is 0 Å². The minimum absolute atomic E-state index is 0.142. The van der Waals surface area contributed by atoms with Crippen LogP contribution in [0.1, 0.15) is 57.5 Å². The van der Waals surface area contributed by atoms with Crippen LogP contribution in [-0.2, 0) is 17.8 Å². The van der Waals surface area contributed by atoms with Gasteiger partial charge in [-0.3, -0.25) is 14.9 Å². The van der Waals surface area contributed by atoms with Crippen LogP contribution < -0.4 is 5.48 Å². The lowest BCUT2D eigenvalue weighted by Gasteiger charge is -2.21. The van der Waals surface area contributed by atoms with E-state index in [2.05, 4.69) is 43.2 Å². The van der Waals surface area contributed by atoms with Crippen molar-refractivity contribution in [2.45, 2.75) is 53.5 Å². The van der Waals surface area contributed by atoms with Crippen LogP contribution in [0.2, 0.25) is 0 Å². The van der Waals surface area contributed by atoms with Gasteiger partial charge in [0.1, 0.15) is 5.65 Å². The van der Waals surface area contributed by atoms with Gasteiger partial charge in [0.15, 0.2) is 0 Å². The fraction of sp³-hybridized carbons (Fsp3) is 0.524. The molecule has 6 heteroatoms. The quantitative estimate of drug-likeness (QED) is 0.493. The van der Waals surface area contributed by atoms with E-state index in [0.29, 0.717) is 5.92 Å². The molecule has 2 aromatic rings. The lowest BCUT2D eigenvalue weighted by Crippen LogP contribution is -2.26. The van der Waals surface area contributed by atoms with Crippen molar-refractivity contribution in [3.8, 4) is 0 Å². The third kappa shape index (κ3) is 5.91. The number of carbonyl (C=O) groups is 1. The Labute approximate surface area is 161 Å². The van der Waals surface area contributed by atoms with Gasteiger partial charge in [0.25, 0.3) is 0 Å². The highest BCUT2D eigenvalue weighted by Gasteiger charge is 2.14. The molecule has 0 atom stereocenters. The summed E-state index contributed by atoms with van der Waals surface area (Å²) in [6, 6.07) is 4.05. The van der Waals surface area contributed by atoms with Crippen molar-refractivity contribution < 1.29 is 10.0 Å². The summed E-state index contributed by atoms with van der Waals surface area (Å²) < 4.78 is 2.18. The number of amides is 1. The summed E-state index contributed by atoms with van der Waals surface area (Å²) in [6.07, 6.45) is 7.90. The molecule has 0 aliphatic heterocycles. The molecule has 0 fully saturated rings. The second-order valence-electron chi connectivity index (χ2n) is 7.24. The van der Waals surface area contributed by atoms with Gasteiger partial charge in [-0.15, -0.1) is 0 Å². The Kier molecular flexibility index (Phi) is 8.00. The predicted octanol–water partition coefficient (Wildman–Crippen LogP) is 3.67. The molecule has 2 aromatic heterocycles. The van der Waals surface area contributed by atoms with E-state index < -0.39 is 5.91 Å². The van der Waals surface area contributed by atoms with E-state index in [4.69, 9.17) is 10.2 Å². The molecule has 0 unspecified atom stereocenters. The zero-order valence-electron chi connectivity index (χ0n) is 16.9. The first-order chi connectivity index (χ1) is 13.0. The zero-order valence-corrected chi connectivity index (χ0v) is 16.9. The Bertz CT molecular complexity index is 780. The second kappa shape index (κ2) is 10.2. The Morgan fingerprint density at radius 3 is 2.81 bits per heavy atom. The number of imidazole rings is 1. The highest BCUT2D eigenvalue weighted by molar-refractivity contribution is 5.77. The van der Waals surface area contributed by atoms with Crippen LogP contribution in [0, 0.1) is 5.92 Å². The van der Waals surface area contributed by atoms with Crippen molar-refractivity contribution in [3.63, 3.8) is 0 Å². The van der Waals surface area contributed by atoms with Gasteiger partial charge in [0, 0.05) is 19.2 Å². The van der Waals surface area contributed by atoms with Crippen LogP contribution in [0.5, 0.6) is 0 Å². The van der Waals surface area contributed by atoms with E-state index in [1.54, 1.807) is 11.6 Å². The van der Waals surface area contributed by atoms with Gasteiger partial charge in [0.2, 0.25) is 5.91 Å². The number of nitrogens with zero attached hydrogens (tertiary/aromatic N) is 3. The van der Waals surface area contributed by atoms with Gasteiger partial charge >= 0.3 is 0 Å². The number of nitrogens with one attached hydrogen (secondary N) is 1. The molecule has 0 saturated carbocycles. The Balaban J connectivity index is 2.22. The second-order valence-corrected chi connectivity index (χ2v) is 7.24. The van der Waals surface area contributed by atoms with E-state index in [0.717, 1.165) is 43.0 Å². The molecule has 2 N–H and O–H groups in total. The average Bonchev–Trinajstić information content (AvgIpc) is 3.01. The molecule has 0 aromatic carbocycles. The van der Waals surface area contributed by atoms with Gasteiger partial charge in [-0.1, -0.05) is 39.8 Å². The first-order valence-electron chi connectivity index (χ1n) is 9.80. The van der Waals surface area contributed by atoms with Crippen LogP contribution in [0.15, 0.2) is 24.4 Å². The van der Waals surface area contributed by atoms with Gasteiger partial charge in [0.05, 0.1) is 11.4 Å². The number of pyridine rings is 1. The molecule has 0 spiro atoms. The fourth-order valence-corrected chi connectivity index (χ4v) is 3.06. The predicted molar refractivity (Wildman–Crippen MR) is 109 cm³/mol. The summed E-state index contributed by atoms with van der Waals surface area (Å²) in [5.41, 5.74) is 5.94. The summed E-state index contributed by atoms with van der Waals surface area (Å²) in [6.45, 7) is 11.9. The summed E-state index contributed by atoms with van der Waals surface area (Å²) in [5, 5.41) is 8.54. The number of hydrogen-bond donors (Lipinski definition) is 2. The normalized spacial score (nSPS) is 12.0. The van der Waals surface area contributed by atoms with Crippen molar-refractivity contribution in [1.82, 2.24) is 19.8 Å². The molecule has 0 aliphatic carbocycles. The summed E-state index contributed by atoms with van der Waals surface area (Å²) in [5.74, 6) is 0.277. The van der Waals surface area contributed by atoms with E-state index in [1.165, 1.54) is 12.1 Å². The minimum atomic E-state index is -0.426. The van der Waals surface area contributed by atoms with Crippen molar-refractivity contribution in [3.05, 3.63) is 41.4 Å². The molecular weight excluding hydrogens is 340 g/mol. The number of aromatic nitrogens is 2. The van der Waals surface area contributed by atoms with Gasteiger partial charge in [-0.2, -0.15) is 0 Å². The average molecular weight is 373 g/mol. The molecule has 0 bridgehead atoms. The monoisotopic (exact) mass is 372 g/mol. The Morgan fingerprint density at radius 1 is 1.41 bits per heavy atom. The summed E-state index contributed by atoms with van der Waals surface area (Å²) in [4.78, 5) is 18.4. The fourth-order valence-electron chi connectivity index (χ4n) is 3.06. The lowest BCUT2D eigenvalue weighted by atomic mass is 10.1. The molecule has 27 heavy (non-hydrogen) atoms. The summed E-state index contributed by atoms with van der Waals surface area (Å²) in [7, 11) is 0. The number of fused-ring (bicyclic) bond motifs is 1. The lowest BCUT2D eigenvalue weighted by molar-refractivity contribution is -0.128. The molecule has 0 saturated heterocycles. The molecule has 2 heterocycles. The smallest absolute Gasteiger partial charge is 0.247 e. The Hall–Kier alpha value is -2.18. The van der Waals surface area contributed by atoms with Gasteiger partial charge < -0.3 is 4.40 Å². The van der Waals surface area contributed by atoms with Gasteiger partial charge in [-0.25, -0.2) is 10.5 Å². The van der Waals surface area contributed by atoms with E-state index >= 15 is 0 Å². The molecule has 148 valence electrons. The van der Waals surface area contributed by atoms with Crippen LogP contribution in [0.4, 0.5) is 0 Å². The van der Waals surface area contributed by atoms with Crippen LogP contribution >= 0.6 is 0 Å². The zero-order chi connectivity index (χ0) is 19.8. The summed E-state index contributed by atoms with van der Waals surface area (Å²) >= 11 is 0. The maximum Gasteiger partial charge on any atom is 0.247 e. The van der Waals surface area contributed by atoms with Crippen LogP contribution in [0.25, 0.3) is 11.7 Å². The SMILES string of the molecule is CCc1nc2cc(C=CCC(=O)NO)ccn2c1CN(CC)CCC(C)C. The standard InChI is InChI=1S/C21H32N4O2/c1-5-18-19(15-24(6-2)12-10-16(3)4)25-13-11-17(14-20(25)22-18)8-7-9-21(26)23-27/h7-8,11,13-14,16,27H,5-6,9-10,12,15H2,1-4H3,(H,23,26). The number of rotatable bonds is 10.